The number of fused-ring (bicyclic) bond motifs is 2. The smallest absolute Gasteiger partial charge is 0.257 e. The number of nitrogens with zero attached hydrogens (tertiary/aromatic N) is 1. The Labute approximate surface area is 126 Å². The summed E-state index contributed by atoms with van der Waals surface area (Å²) in [4.78, 5) is 14.2. The van der Waals surface area contributed by atoms with Gasteiger partial charge in [0.05, 0.1) is 12.2 Å². The Morgan fingerprint density at radius 3 is 2.55 bits per heavy atom. The molecule has 1 aromatic rings. The number of aliphatic hydroxyl groups is 1. The highest BCUT2D eigenvalue weighted by Gasteiger charge is 2.56. The lowest BCUT2D eigenvalue weighted by Gasteiger charge is -2.34. The first-order valence-corrected chi connectivity index (χ1v) is 7.51. The standard InChI is InChI=1S/C16H18F3NO2/c1-2-16(8-21)7-9-3-4-14(16)20(9)15(22)10-5-12(18)13(19)6-11(10)17/h5-6,9,14,21H,2-4,7-8H2,1H3/t9-,14+,16-/m0/s1. The average molecular weight is 313 g/mol. The van der Waals surface area contributed by atoms with Crippen LogP contribution in [0.25, 0.3) is 0 Å². The molecule has 0 aromatic heterocycles. The third-order valence-electron chi connectivity index (χ3n) is 5.35. The van der Waals surface area contributed by atoms with E-state index in [2.05, 4.69) is 0 Å². The van der Waals surface area contributed by atoms with Crippen molar-refractivity contribution in [3.8, 4) is 0 Å². The van der Waals surface area contributed by atoms with Crippen molar-refractivity contribution in [2.45, 2.75) is 44.7 Å². The molecule has 1 amide bonds. The maximum absolute atomic E-state index is 13.9. The van der Waals surface area contributed by atoms with E-state index >= 15 is 0 Å². The number of hydrogen-bond acceptors (Lipinski definition) is 2. The van der Waals surface area contributed by atoms with Crippen LogP contribution in [0.5, 0.6) is 0 Å². The number of aliphatic hydroxyl groups excluding tert-OH is 1. The van der Waals surface area contributed by atoms with Gasteiger partial charge in [0.1, 0.15) is 5.82 Å². The average Bonchev–Trinajstić information content (AvgIpc) is 3.06. The van der Waals surface area contributed by atoms with Crippen molar-refractivity contribution >= 4 is 5.91 Å². The summed E-state index contributed by atoms with van der Waals surface area (Å²) in [5.41, 5.74) is -0.811. The molecule has 3 atom stereocenters. The predicted molar refractivity (Wildman–Crippen MR) is 73.7 cm³/mol. The SMILES string of the molecule is CC[C@@]1(CO)C[C@@H]2CC[C@H]1N2C(=O)c1cc(F)c(F)cc1F. The number of carbonyl (C=O) groups is 1. The lowest BCUT2D eigenvalue weighted by atomic mass is 9.72. The molecule has 22 heavy (non-hydrogen) atoms. The highest BCUT2D eigenvalue weighted by molar-refractivity contribution is 5.95. The monoisotopic (exact) mass is 313 g/mol. The molecule has 0 unspecified atom stereocenters. The van der Waals surface area contributed by atoms with E-state index in [-0.39, 0.29) is 24.1 Å². The lowest BCUT2D eigenvalue weighted by Crippen LogP contribution is -2.42. The molecule has 0 radical (unpaired) electrons. The Bertz CT molecular complexity index is 616. The van der Waals surface area contributed by atoms with Gasteiger partial charge in [-0.25, -0.2) is 13.2 Å². The zero-order chi connectivity index (χ0) is 16.1. The van der Waals surface area contributed by atoms with E-state index < -0.39 is 28.9 Å². The van der Waals surface area contributed by atoms with Gasteiger partial charge in [-0.1, -0.05) is 6.92 Å². The van der Waals surface area contributed by atoms with Gasteiger partial charge in [0.15, 0.2) is 11.6 Å². The van der Waals surface area contributed by atoms with Crippen molar-refractivity contribution in [3.05, 3.63) is 35.1 Å². The van der Waals surface area contributed by atoms with Crippen LogP contribution >= 0.6 is 0 Å². The molecule has 1 N–H and O–H groups in total. The first kappa shape index (κ1) is 15.3. The van der Waals surface area contributed by atoms with Gasteiger partial charge in [0.25, 0.3) is 5.91 Å². The number of carbonyl (C=O) groups excluding carboxylic acids is 1. The molecule has 2 aliphatic heterocycles. The molecule has 3 rings (SSSR count). The first-order chi connectivity index (χ1) is 10.4. The summed E-state index contributed by atoms with van der Waals surface area (Å²) in [6, 6.07) is 0.779. The van der Waals surface area contributed by atoms with Crippen molar-refractivity contribution in [2.24, 2.45) is 5.41 Å². The number of rotatable bonds is 3. The van der Waals surface area contributed by atoms with Gasteiger partial charge in [-0.2, -0.15) is 0 Å². The van der Waals surface area contributed by atoms with Gasteiger partial charge in [-0.05, 0) is 31.7 Å². The second-order valence-electron chi connectivity index (χ2n) is 6.28. The summed E-state index contributed by atoms with van der Waals surface area (Å²) in [5.74, 6) is -4.22. The van der Waals surface area contributed by atoms with Crippen LogP contribution < -0.4 is 0 Å². The van der Waals surface area contributed by atoms with Gasteiger partial charge in [0.2, 0.25) is 0 Å². The molecule has 6 heteroatoms. The van der Waals surface area contributed by atoms with Crippen LogP contribution in [-0.2, 0) is 0 Å². The van der Waals surface area contributed by atoms with Crippen LogP contribution in [-0.4, -0.2) is 34.6 Å². The second-order valence-corrected chi connectivity index (χ2v) is 6.28. The van der Waals surface area contributed by atoms with Crippen molar-refractivity contribution in [1.29, 1.82) is 0 Å². The minimum absolute atomic E-state index is 0.0330. The van der Waals surface area contributed by atoms with Gasteiger partial charge in [-0.3, -0.25) is 4.79 Å². The summed E-state index contributed by atoms with van der Waals surface area (Å²) in [5, 5.41) is 9.72. The molecular formula is C16H18F3NO2. The molecule has 2 fully saturated rings. The molecule has 0 aliphatic carbocycles. The van der Waals surface area contributed by atoms with Crippen molar-refractivity contribution < 1.29 is 23.1 Å². The Morgan fingerprint density at radius 1 is 1.27 bits per heavy atom. The summed E-state index contributed by atoms with van der Waals surface area (Å²) in [6.07, 6.45) is 2.93. The molecule has 0 saturated carbocycles. The van der Waals surface area contributed by atoms with Gasteiger partial charge >= 0.3 is 0 Å². The molecule has 0 spiro atoms. The van der Waals surface area contributed by atoms with Crippen LogP contribution in [0, 0.1) is 22.9 Å². The Kier molecular flexibility index (Phi) is 3.67. The third-order valence-corrected chi connectivity index (χ3v) is 5.35. The topological polar surface area (TPSA) is 40.5 Å². The molecule has 2 saturated heterocycles. The van der Waals surface area contributed by atoms with Gasteiger partial charge < -0.3 is 10.0 Å². The minimum Gasteiger partial charge on any atom is -0.396 e. The van der Waals surface area contributed by atoms with Crippen molar-refractivity contribution in [1.82, 2.24) is 4.90 Å². The minimum atomic E-state index is -1.31. The molecule has 1 aromatic carbocycles. The third kappa shape index (κ3) is 2.04. The van der Waals surface area contributed by atoms with Crippen LogP contribution in [0.15, 0.2) is 12.1 Å². The van der Waals surface area contributed by atoms with E-state index in [1.165, 1.54) is 0 Å². The molecular weight excluding hydrogens is 295 g/mol. The van der Waals surface area contributed by atoms with Crippen LogP contribution in [0.1, 0.15) is 43.0 Å². The van der Waals surface area contributed by atoms with E-state index in [1.807, 2.05) is 6.92 Å². The van der Waals surface area contributed by atoms with Crippen molar-refractivity contribution in [2.75, 3.05) is 6.61 Å². The lowest BCUT2D eigenvalue weighted by molar-refractivity contribution is 0.0553. The maximum Gasteiger partial charge on any atom is 0.257 e. The Balaban J connectivity index is 1.96. The summed E-state index contributed by atoms with van der Waals surface area (Å²) in [7, 11) is 0. The van der Waals surface area contributed by atoms with Crippen LogP contribution in [0.4, 0.5) is 13.2 Å². The van der Waals surface area contributed by atoms with E-state index in [0.29, 0.717) is 25.0 Å². The van der Waals surface area contributed by atoms with Crippen molar-refractivity contribution in [3.63, 3.8) is 0 Å². The van der Waals surface area contributed by atoms with E-state index in [9.17, 15) is 23.1 Å². The largest absolute Gasteiger partial charge is 0.396 e. The molecule has 2 heterocycles. The number of benzene rings is 1. The molecule has 120 valence electrons. The molecule has 2 aliphatic rings. The van der Waals surface area contributed by atoms with E-state index in [4.69, 9.17) is 0 Å². The van der Waals surface area contributed by atoms with E-state index in [0.717, 1.165) is 12.8 Å². The maximum atomic E-state index is 13.9. The second kappa shape index (κ2) is 5.26. The first-order valence-electron chi connectivity index (χ1n) is 7.51. The zero-order valence-electron chi connectivity index (χ0n) is 12.3. The Hall–Kier alpha value is -1.56. The predicted octanol–water partition coefficient (Wildman–Crippen LogP) is 2.87. The van der Waals surface area contributed by atoms with Crippen LogP contribution in [0.3, 0.4) is 0 Å². The quantitative estimate of drug-likeness (QED) is 0.872. The fourth-order valence-electron chi connectivity index (χ4n) is 4.08. The summed E-state index contributed by atoms with van der Waals surface area (Å²) in [6.45, 7) is 1.92. The molecule has 2 bridgehead atoms. The zero-order valence-corrected chi connectivity index (χ0v) is 12.3. The van der Waals surface area contributed by atoms with E-state index in [1.54, 1.807) is 4.90 Å². The summed E-state index contributed by atoms with van der Waals surface area (Å²) >= 11 is 0. The number of amides is 1. The number of halogens is 3. The highest BCUT2D eigenvalue weighted by Crippen LogP contribution is 2.51. The fourth-order valence-corrected chi connectivity index (χ4v) is 4.08. The Morgan fingerprint density at radius 2 is 1.95 bits per heavy atom. The summed E-state index contributed by atoms with van der Waals surface area (Å²) < 4.78 is 40.2. The van der Waals surface area contributed by atoms with Gasteiger partial charge in [0, 0.05) is 23.6 Å². The van der Waals surface area contributed by atoms with Gasteiger partial charge in [-0.15, -0.1) is 0 Å². The molecule has 3 nitrogen and oxygen atoms in total. The highest BCUT2D eigenvalue weighted by atomic mass is 19.2. The fraction of sp³-hybridized carbons (Fsp3) is 0.562. The normalized spacial score (nSPS) is 30.1. The van der Waals surface area contributed by atoms with Crippen LogP contribution in [0.2, 0.25) is 0 Å². The number of hydrogen-bond donors (Lipinski definition) is 1.